The summed E-state index contributed by atoms with van der Waals surface area (Å²) in [4.78, 5) is 4.28. The van der Waals surface area contributed by atoms with Gasteiger partial charge in [0.05, 0.1) is 10.7 Å². The Bertz CT molecular complexity index is 559. The number of aryl methyl sites for hydroxylation is 1. The fourth-order valence-corrected chi connectivity index (χ4v) is 2.51. The standard InChI is InChI=1S/C12H10BrF2NOS/c1-2-11-16-8(6-18-11)5-17-10-4-7(13)3-9(14)12(10)15/h3-4,6H,2,5H2,1H3. The van der Waals surface area contributed by atoms with E-state index in [-0.39, 0.29) is 12.4 Å². The summed E-state index contributed by atoms with van der Waals surface area (Å²) in [7, 11) is 0. The van der Waals surface area contributed by atoms with Gasteiger partial charge in [0.25, 0.3) is 0 Å². The highest BCUT2D eigenvalue weighted by Gasteiger charge is 2.12. The molecule has 0 aliphatic heterocycles. The predicted molar refractivity (Wildman–Crippen MR) is 69.9 cm³/mol. The molecule has 0 unspecified atom stereocenters. The zero-order chi connectivity index (χ0) is 13.1. The van der Waals surface area contributed by atoms with Gasteiger partial charge in [0.15, 0.2) is 11.6 Å². The second-order valence-corrected chi connectivity index (χ2v) is 5.43. The van der Waals surface area contributed by atoms with Gasteiger partial charge in [-0.25, -0.2) is 9.37 Å². The van der Waals surface area contributed by atoms with Crippen molar-refractivity contribution >= 4 is 27.3 Å². The van der Waals surface area contributed by atoms with Gasteiger partial charge in [-0.2, -0.15) is 4.39 Å². The predicted octanol–water partition coefficient (Wildman–Crippen LogP) is 4.33. The highest BCUT2D eigenvalue weighted by molar-refractivity contribution is 9.10. The summed E-state index contributed by atoms with van der Waals surface area (Å²) in [5, 5.41) is 2.85. The third-order valence-corrected chi connectivity index (χ3v) is 3.74. The summed E-state index contributed by atoms with van der Waals surface area (Å²) in [6.07, 6.45) is 0.852. The molecule has 0 fully saturated rings. The summed E-state index contributed by atoms with van der Waals surface area (Å²) in [5.74, 6) is -2.04. The van der Waals surface area contributed by atoms with Gasteiger partial charge in [0.1, 0.15) is 6.61 Å². The largest absolute Gasteiger partial charge is 0.484 e. The van der Waals surface area contributed by atoms with E-state index in [4.69, 9.17) is 4.74 Å². The Morgan fingerprint density at radius 1 is 1.39 bits per heavy atom. The van der Waals surface area contributed by atoms with Crippen LogP contribution in [-0.2, 0) is 13.0 Å². The van der Waals surface area contributed by atoms with E-state index in [1.807, 2.05) is 12.3 Å². The van der Waals surface area contributed by atoms with Crippen LogP contribution in [0, 0.1) is 11.6 Å². The zero-order valence-electron chi connectivity index (χ0n) is 9.54. The molecule has 0 N–H and O–H groups in total. The number of aromatic nitrogens is 1. The molecule has 0 spiro atoms. The molecule has 0 radical (unpaired) electrons. The number of hydrogen-bond acceptors (Lipinski definition) is 3. The maximum Gasteiger partial charge on any atom is 0.200 e. The Morgan fingerprint density at radius 2 is 2.17 bits per heavy atom. The Balaban J connectivity index is 2.10. The van der Waals surface area contributed by atoms with Crippen molar-refractivity contribution in [1.82, 2.24) is 4.98 Å². The van der Waals surface area contributed by atoms with Crippen LogP contribution in [0.5, 0.6) is 5.75 Å². The van der Waals surface area contributed by atoms with Gasteiger partial charge in [0.2, 0.25) is 5.82 Å². The first-order chi connectivity index (χ1) is 8.60. The summed E-state index contributed by atoms with van der Waals surface area (Å²) in [5.41, 5.74) is 0.719. The molecule has 2 rings (SSSR count). The smallest absolute Gasteiger partial charge is 0.200 e. The molecule has 96 valence electrons. The van der Waals surface area contributed by atoms with Gasteiger partial charge < -0.3 is 4.74 Å². The van der Waals surface area contributed by atoms with Crippen LogP contribution in [0.2, 0.25) is 0 Å². The number of benzene rings is 1. The fourth-order valence-electron chi connectivity index (χ4n) is 1.37. The minimum absolute atomic E-state index is 0.118. The average Bonchev–Trinajstić information content (AvgIpc) is 2.80. The molecule has 1 aromatic heterocycles. The molecule has 18 heavy (non-hydrogen) atoms. The van der Waals surface area contributed by atoms with Crippen LogP contribution < -0.4 is 4.74 Å². The van der Waals surface area contributed by atoms with Gasteiger partial charge in [0, 0.05) is 9.85 Å². The number of halogens is 3. The van der Waals surface area contributed by atoms with Crippen molar-refractivity contribution in [2.45, 2.75) is 20.0 Å². The zero-order valence-corrected chi connectivity index (χ0v) is 11.9. The Kier molecular flexibility index (Phi) is 4.29. The number of nitrogens with zero attached hydrogens (tertiary/aromatic N) is 1. The van der Waals surface area contributed by atoms with Crippen LogP contribution in [0.1, 0.15) is 17.6 Å². The second kappa shape index (κ2) is 5.75. The van der Waals surface area contributed by atoms with Crippen LogP contribution >= 0.6 is 27.3 Å². The third-order valence-electron chi connectivity index (χ3n) is 2.24. The molecular formula is C12H10BrF2NOS. The monoisotopic (exact) mass is 333 g/mol. The van der Waals surface area contributed by atoms with E-state index in [0.717, 1.165) is 23.2 Å². The quantitative estimate of drug-likeness (QED) is 0.777. The number of hydrogen-bond donors (Lipinski definition) is 0. The van der Waals surface area contributed by atoms with E-state index < -0.39 is 11.6 Å². The van der Waals surface area contributed by atoms with Gasteiger partial charge in [-0.1, -0.05) is 22.9 Å². The maximum atomic E-state index is 13.4. The van der Waals surface area contributed by atoms with Gasteiger partial charge in [-0.05, 0) is 18.6 Å². The van der Waals surface area contributed by atoms with Crippen molar-refractivity contribution < 1.29 is 13.5 Å². The van der Waals surface area contributed by atoms with Gasteiger partial charge in [-0.15, -0.1) is 11.3 Å². The molecule has 1 aromatic carbocycles. The minimum Gasteiger partial charge on any atom is -0.484 e. The topological polar surface area (TPSA) is 22.1 Å². The molecule has 0 aliphatic rings. The van der Waals surface area contributed by atoms with Crippen molar-refractivity contribution in [2.24, 2.45) is 0 Å². The molecule has 6 heteroatoms. The summed E-state index contributed by atoms with van der Waals surface area (Å²) in [6.45, 7) is 2.14. The lowest BCUT2D eigenvalue weighted by atomic mass is 10.3. The lowest BCUT2D eigenvalue weighted by molar-refractivity contribution is 0.280. The molecule has 2 aromatic rings. The minimum atomic E-state index is -0.982. The Morgan fingerprint density at radius 3 is 2.83 bits per heavy atom. The van der Waals surface area contributed by atoms with Crippen molar-refractivity contribution in [3.05, 3.63) is 44.3 Å². The molecule has 0 bridgehead atoms. The fraction of sp³-hybridized carbons (Fsp3) is 0.250. The summed E-state index contributed by atoms with van der Waals surface area (Å²) >= 11 is 4.62. The Labute approximate surface area is 116 Å². The number of rotatable bonds is 4. The Hall–Kier alpha value is -1.01. The van der Waals surface area contributed by atoms with Crippen LogP contribution in [-0.4, -0.2) is 4.98 Å². The van der Waals surface area contributed by atoms with Crippen LogP contribution in [0.4, 0.5) is 8.78 Å². The molecule has 0 saturated heterocycles. The lowest BCUT2D eigenvalue weighted by Gasteiger charge is -2.06. The van der Waals surface area contributed by atoms with Gasteiger partial charge in [-0.3, -0.25) is 0 Å². The van der Waals surface area contributed by atoms with E-state index in [9.17, 15) is 8.78 Å². The van der Waals surface area contributed by atoms with Crippen LogP contribution in [0.3, 0.4) is 0 Å². The SMILES string of the molecule is CCc1nc(COc2cc(Br)cc(F)c2F)cs1. The third kappa shape index (κ3) is 3.05. The van der Waals surface area contributed by atoms with E-state index in [2.05, 4.69) is 20.9 Å². The molecule has 0 atom stereocenters. The molecule has 1 heterocycles. The average molecular weight is 334 g/mol. The molecule has 0 saturated carbocycles. The van der Waals surface area contributed by atoms with Crippen molar-refractivity contribution in [3.63, 3.8) is 0 Å². The molecular weight excluding hydrogens is 324 g/mol. The number of thiazole rings is 1. The highest BCUT2D eigenvalue weighted by atomic mass is 79.9. The normalized spacial score (nSPS) is 10.7. The van der Waals surface area contributed by atoms with Gasteiger partial charge >= 0.3 is 0 Å². The maximum absolute atomic E-state index is 13.4. The summed E-state index contributed by atoms with van der Waals surface area (Å²) < 4.78 is 32.2. The number of ether oxygens (including phenoxy) is 1. The highest BCUT2D eigenvalue weighted by Crippen LogP contribution is 2.26. The first kappa shape index (κ1) is 13.4. The van der Waals surface area contributed by atoms with E-state index in [0.29, 0.717) is 4.47 Å². The summed E-state index contributed by atoms with van der Waals surface area (Å²) in [6, 6.07) is 2.45. The molecule has 0 amide bonds. The van der Waals surface area contributed by atoms with E-state index in [1.165, 1.54) is 17.4 Å². The first-order valence-corrected chi connectivity index (χ1v) is 6.98. The van der Waals surface area contributed by atoms with E-state index in [1.54, 1.807) is 0 Å². The lowest BCUT2D eigenvalue weighted by Crippen LogP contribution is -1.99. The second-order valence-electron chi connectivity index (χ2n) is 3.57. The van der Waals surface area contributed by atoms with E-state index >= 15 is 0 Å². The molecule has 0 aliphatic carbocycles. The van der Waals surface area contributed by atoms with Crippen molar-refractivity contribution in [3.8, 4) is 5.75 Å². The van der Waals surface area contributed by atoms with Crippen molar-refractivity contribution in [1.29, 1.82) is 0 Å². The van der Waals surface area contributed by atoms with Crippen LogP contribution in [0.15, 0.2) is 22.0 Å². The van der Waals surface area contributed by atoms with Crippen molar-refractivity contribution in [2.75, 3.05) is 0 Å². The molecule has 2 nitrogen and oxygen atoms in total. The first-order valence-electron chi connectivity index (χ1n) is 5.30. The van der Waals surface area contributed by atoms with Crippen LogP contribution in [0.25, 0.3) is 0 Å².